The zero-order chi connectivity index (χ0) is 20.0. The minimum Gasteiger partial charge on any atom is -0.496 e. The quantitative estimate of drug-likeness (QED) is 0.650. The van der Waals surface area contributed by atoms with Gasteiger partial charge in [-0.25, -0.2) is 4.79 Å². The number of rotatable bonds is 7. The van der Waals surface area contributed by atoms with Crippen molar-refractivity contribution < 1.29 is 27.5 Å². The minimum absolute atomic E-state index is 0.282. The van der Waals surface area contributed by atoms with Crippen molar-refractivity contribution in [3.05, 3.63) is 65.2 Å². The normalized spacial score (nSPS) is 12.7. The molecule has 146 valence electrons. The lowest BCUT2D eigenvalue weighted by atomic mass is 10.0. The molecule has 7 heteroatoms. The van der Waals surface area contributed by atoms with Gasteiger partial charge >= 0.3 is 12.1 Å². The number of hydroxylamine groups is 2. The van der Waals surface area contributed by atoms with Crippen LogP contribution in [0, 0.1) is 0 Å². The van der Waals surface area contributed by atoms with Crippen molar-refractivity contribution in [2.75, 3.05) is 13.7 Å². The molecule has 0 radical (unpaired) electrons. The molecule has 0 aliphatic heterocycles. The first-order valence-corrected chi connectivity index (χ1v) is 8.54. The molecule has 27 heavy (non-hydrogen) atoms. The molecule has 0 aliphatic rings. The number of para-hydroxylation sites is 1. The smallest absolute Gasteiger partial charge is 0.416 e. The van der Waals surface area contributed by atoms with Crippen LogP contribution in [0.25, 0.3) is 0 Å². The van der Waals surface area contributed by atoms with Crippen LogP contribution in [0.15, 0.2) is 48.5 Å². The standard InChI is InChI=1S/C20H22F3NO3/c1-4-24(27-19(25)17-10-5-6-11-18(17)26-3)14(2)12-15-8-7-9-16(13-15)20(21,22)23/h5-11,13-14H,4,12H2,1-3H3. The number of carbonyl (C=O) groups excluding carboxylic acids is 1. The lowest BCUT2D eigenvalue weighted by Crippen LogP contribution is -2.36. The molecular formula is C20H22F3NO3. The molecule has 0 spiro atoms. The van der Waals surface area contributed by atoms with Crippen molar-refractivity contribution in [2.24, 2.45) is 0 Å². The zero-order valence-corrected chi connectivity index (χ0v) is 15.4. The Balaban J connectivity index is 2.10. The van der Waals surface area contributed by atoms with E-state index in [-0.39, 0.29) is 11.6 Å². The van der Waals surface area contributed by atoms with Crippen molar-refractivity contribution in [1.29, 1.82) is 0 Å². The molecule has 0 aliphatic carbocycles. The van der Waals surface area contributed by atoms with Gasteiger partial charge in [0.1, 0.15) is 11.3 Å². The second kappa shape index (κ2) is 8.90. The molecule has 2 aromatic rings. The molecule has 2 aromatic carbocycles. The highest BCUT2D eigenvalue weighted by Crippen LogP contribution is 2.30. The van der Waals surface area contributed by atoms with Crippen LogP contribution in [0.3, 0.4) is 0 Å². The fourth-order valence-electron chi connectivity index (χ4n) is 2.75. The van der Waals surface area contributed by atoms with E-state index in [1.165, 1.54) is 18.2 Å². The van der Waals surface area contributed by atoms with Crippen molar-refractivity contribution >= 4 is 5.97 Å². The maximum Gasteiger partial charge on any atom is 0.416 e. The number of nitrogens with zero attached hydrogens (tertiary/aromatic N) is 1. The van der Waals surface area contributed by atoms with E-state index in [9.17, 15) is 18.0 Å². The summed E-state index contributed by atoms with van der Waals surface area (Å²) >= 11 is 0. The number of hydrogen-bond donors (Lipinski definition) is 0. The van der Waals surface area contributed by atoms with Crippen molar-refractivity contribution in [2.45, 2.75) is 32.5 Å². The number of halogens is 3. The predicted octanol–water partition coefficient (Wildman–Crippen LogP) is 4.74. The third-order valence-corrected chi connectivity index (χ3v) is 4.12. The fourth-order valence-corrected chi connectivity index (χ4v) is 2.75. The summed E-state index contributed by atoms with van der Waals surface area (Å²) in [5.74, 6) is -0.186. The van der Waals surface area contributed by atoms with E-state index in [2.05, 4.69) is 0 Å². The first-order valence-electron chi connectivity index (χ1n) is 8.54. The summed E-state index contributed by atoms with van der Waals surface area (Å²) < 4.78 is 43.8. The van der Waals surface area contributed by atoms with Crippen LogP contribution in [0.5, 0.6) is 5.75 Å². The Morgan fingerprint density at radius 1 is 1.15 bits per heavy atom. The van der Waals surface area contributed by atoms with Crippen LogP contribution in [-0.4, -0.2) is 30.7 Å². The summed E-state index contributed by atoms with van der Waals surface area (Å²) in [6.07, 6.45) is -4.09. The maximum atomic E-state index is 12.9. The Kier molecular flexibility index (Phi) is 6.85. The molecule has 1 atom stereocenters. The van der Waals surface area contributed by atoms with E-state index in [0.29, 0.717) is 24.3 Å². The molecular weight excluding hydrogens is 359 g/mol. The van der Waals surface area contributed by atoms with Gasteiger partial charge in [-0.3, -0.25) is 0 Å². The van der Waals surface area contributed by atoms with Gasteiger partial charge in [-0.15, -0.1) is 5.06 Å². The van der Waals surface area contributed by atoms with Gasteiger partial charge in [0.25, 0.3) is 0 Å². The Hall–Kier alpha value is -2.54. The number of alkyl halides is 3. The largest absolute Gasteiger partial charge is 0.496 e. The van der Waals surface area contributed by atoms with Gasteiger partial charge in [-0.1, -0.05) is 30.3 Å². The monoisotopic (exact) mass is 381 g/mol. The first-order chi connectivity index (χ1) is 12.8. The number of hydrogen-bond acceptors (Lipinski definition) is 4. The van der Waals surface area contributed by atoms with Crippen LogP contribution in [0.4, 0.5) is 13.2 Å². The zero-order valence-electron chi connectivity index (χ0n) is 15.4. The summed E-state index contributed by atoms with van der Waals surface area (Å²) in [4.78, 5) is 17.9. The molecule has 0 saturated heterocycles. The first kappa shape index (κ1) is 20.8. The molecule has 0 amide bonds. The van der Waals surface area contributed by atoms with Gasteiger partial charge in [-0.05, 0) is 44.0 Å². The lowest BCUT2D eigenvalue weighted by molar-refractivity contribution is -0.137. The van der Waals surface area contributed by atoms with Gasteiger partial charge in [0.2, 0.25) is 0 Å². The molecule has 0 bridgehead atoms. The van der Waals surface area contributed by atoms with Gasteiger partial charge < -0.3 is 9.57 Å². The van der Waals surface area contributed by atoms with Crippen LogP contribution >= 0.6 is 0 Å². The number of carbonyl (C=O) groups is 1. The maximum absolute atomic E-state index is 12.9. The second-order valence-corrected chi connectivity index (χ2v) is 6.06. The topological polar surface area (TPSA) is 38.8 Å². The van der Waals surface area contributed by atoms with E-state index < -0.39 is 17.7 Å². The Morgan fingerprint density at radius 3 is 2.48 bits per heavy atom. The van der Waals surface area contributed by atoms with Gasteiger partial charge in [-0.2, -0.15) is 13.2 Å². The predicted molar refractivity (Wildman–Crippen MR) is 95.4 cm³/mol. The highest BCUT2D eigenvalue weighted by Gasteiger charge is 2.30. The van der Waals surface area contributed by atoms with Gasteiger partial charge in [0.15, 0.2) is 0 Å². The van der Waals surface area contributed by atoms with E-state index in [4.69, 9.17) is 9.57 Å². The van der Waals surface area contributed by atoms with Crippen LogP contribution in [-0.2, 0) is 17.4 Å². The molecule has 0 aromatic heterocycles. The van der Waals surface area contributed by atoms with E-state index in [0.717, 1.165) is 12.1 Å². The van der Waals surface area contributed by atoms with E-state index >= 15 is 0 Å². The molecule has 0 fully saturated rings. The van der Waals surface area contributed by atoms with Crippen molar-refractivity contribution in [3.8, 4) is 5.75 Å². The number of methoxy groups -OCH3 is 1. The highest BCUT2D eigenvalue weighted by molar-refractivity contribution is 5.92. The molecule has 4 nitrogen and oxygen atoms in total. The number of ether oxygens (including phenoxy) is 1. The third kappa shape index (κ3) is 5.47. The molecule has 1 unspecified atom stereocenters. The van der Waals surface area contributed by atoms with E-state index in [1.807, 2.05) is 0 Å². The molecule has 0 N–H and O–H groups in total. The average molecular weight is 381 g/mol. The average Bonchev–Trinajstić information content (AvgIpc) is 2.65. The minimum atomic E-state index is -4.39. The number of likely N-dealkylation sites (N-methyl/N-ethyl adjacent to an activating group) is 1. The van der Waals surface area contributed by atoms with Crippen LogP contribution in [0.1, 0.15) is 35.3 Å². The SMILES string of the molecule is CCN(OC(=O)c1ccccc1OC)C(C)Cc1cccc(C(F)(F)F)c1. The summed E-state index contributed by atoms with van der Waals surface area (Å²) in [7, 11) is 1.46. The van der Waals surface area contributed by atoms with E-state index in [1.54, 1.807) is 44.2 Å². The highest BCUT2D eigenvalue weighted by atomic mass is 19.4. The molecule has 0 heterocycles. The second-order valence-electron chi connectivity index (χ2n) is 6.06. The third-order valence-electron chi connectivity index (χ3n) is 4.12. The van der Waals surface area contributed by atoms with Gasteiger partial charge in [0, 0.05) is 12.6 Å². The van der Waals surface area contributed by atoms with Crippen LogP contribution < -0.4 is 4.74 Å². The van der Waals surface area contributed by atoms with Crippen LogP contribution in [0.2, 0.25) is 0 Å². The lowest BCUT2D eigenvalue weighted by Gasteiger charge is -2.26. The molecule has 0 saturated carbocycles. The fraction of sp³-hybridized carbons (Fsp3) is 0.350. The Labute approximate surface area is 156 Å². The summed E-state index contributed by atoms with van der Waals surface area (Å²) in [6, 6.07) is 11.5. The number of benzene rings is 2. The Morgan fingerprint density at radius 2 is 1.85 bits per heavy atom. The van der Waals surface area contributed by atoms with Crippen molar-refractivity contribution in [1.82, 2.24) is 5.06 Å². The van der Waals surface area contributed by atoms with Crippen molar-refractivity contribution in [3.63, 3.8) is 0 Å². The summed E-state index contributed by atoms with van der Waals surface area (Å²) in [5, 5.41) is 1.45. The Bertz CT molecular complexity index is 777. The molecule has 2 rings (SSSR count). The summed E-state index contributed by atoms with van der Waals surface area (Å²) in [5.41, 5.74) is 0.107. The summed E-state index contributed by atoms with van der Waals surface area (Å²) in [6.45, 7) is 3.98. The van der Waals surface area contributed by atoms with Gasteiger partial charge in [0.05, 0.1) is 12.7 Å².